The molecule has 24 heavy (non-hydrogen) atoms. The molecule has 1 heterocycles. The van der Waals surface area contributed by atoms with Gasteiger partial charge in [-0.2, -0.15) is 0 Å². The van der Waals surface area contributed by atoms with Crippen molar-refractivity contribution < 1.29 is 19.8 Å². The summed E-state index contributed by atoms with van der Waals surface area (Å²) in [5.74, 6) is -1.98. The average molecular weight is 319 g/mol. The Labute approximate surface area is 137 Å². The van der Waals surface area contributed by atoms with Crippen LogP contribution in [0.2, 0.25) is 0 Å². The number of hydrogen-bond donors (Lipinski definition) is 2. The van der Waals surface area contributed by atoms with Crippen molar-refractivity contribution in [2.75, 3.05) is 0 Å². The van der Waals surface area contributed by atoms with E-state index in [0.717, 1.165) is 5.56 Å². The number of carbonyl (C=O) groups is 2. The number of nitrogens with zero attached hydrogens (tertiary/aromatic N) is 1. The molecule has 0 saturated carbocycles. The van der Waals surface area contributed by atoms with Gasteiger partial charge in [-0.1, -0.05) is 36.4 Å². The molecule has 3 aromatic rings. The van der Waals surface area contributed by atoms with Crippen LogP contribution in [0.15, 0.2) is 54.6 Å². The number of para-hydroxylation sites is 1. The lowest BCUT2D eigenvalue weighted by Crippen LogP contribution is -2.00. The summed E-state index contributed by atoms with van der Waals surface area (Å²) in [5.41, 5.74) is 2.34. The first-order chi connectivity index (χ1) is 11.5. The fourth-order valence-electron chi connectivity index (χ4n) is 2.38. The van der Waals surface area contributed by atoms with Crippen molar-refractivity contribution in [1.82, 2.24) is 4.98 Å². The summed E-state index contributed by atoms with van der Waals surface area (Å²) in [5, 5.41) is 18.8. The summed E-state index contributed by atoms with van der Waals surface area (Å²) in [4.78, 5) is 26.7. The SMILES string of the molecule is O=C(O)c1ccc(C=Cc2cc(C(=O)O)c3ccccc3n2)cc1. The van der Waals surface area contributed by atoms with E-state index in [1.165, 1.54) is 18.2 Å². The van der Waals surface area contributed by atoms with Crippen molar-refractivity contribution in [1.29, 1.82) is 0 Å². The van der Waals surface area contributed by atoms with Gasteiger partial charge in [0.25, 0.3) is 0 Å². The molecule has 0 aliphatic carbocycles. The maximum Gasteiger partial charge on any atom is 0.336 e. The summed E-state index contributed by atoms with van der Waals surface area (Å²) in [7, 11) is 0. The minimum absolute atomic E-state index is 0.196. The Hall–Kier alpha value is -3.47. The molecule has 0 fully saturated rings. The van der Waals surface area contributed by atoms with Crippen LogP contribution in [0.3, 0.4) is 0 Å². The van der Waals surface area contributed by atoms with Crippen LogP contribution in [-0.2, 0) is 0 Å². The molecule has 0 spiro atoms. The summed E-state index contributed by atoms with van der Waals surface area (Å²) < 4.78 is 0. The number of fused-ring (bicyclic) bond motifs is 1. The molecule has 118 valence electrons. The van der Waals surface area contributed by atoms with Crippen LogP contribution < -0.4 is 0 Å². The highest BCUT2D eigenvalue weighted by Crippen LogP contribution is 2.19. The number of carboxylic acid groups (broad SMARTS) is 2. The second-order valence-corrected chi connectivity index (χ2v) is 5.18. The van der Waals surface area contributed by atoms with Crippen LogP contribution in [0.25, 0.3) is 23.1 Å². The number of aromatic carboxylic acids is 2. The first-order valence-electron chi connectivity index (χ1n) is 7.19. The zero-order chi connectivity index (χ0) is 17.1. The maximum atomic E-state index is 11.4. The maximum absolute atomic E-state index is 11.4. The van der Waals surface area contributed by atoms with Gasteiger partial charge in [-0.3, -0.25) is 0 Å². The van der Waals surface area contributed by atoms with Gasteiger partial charge in [0, 0.05) is 5.39 Å². The Morgan fingerprint density at radius 3 is 2.25 bits per heavy atom. The molecule has 0 unspecified atom stereocenters. The largest absolute Gasteiger partial charge is 0.478 e. The monoisotopic (exact) mass is 319 g/mol. The van der Waals surface area contributed by atoms with E-state index in [0.29, 0.717) is 16.6 Å². The molecule has 5 heteroatoms. The Morgan fingerprint density at radius 2 is 1.58 bits per heavy atom. The van der Waals surface area contributed by atoms with Crippen molar-refractivity contribution in [3.05, 3.63) is 77.0 Å². The van der Waals surface area contributed by atoms with E-state index >= 15 is 0 Å². The number of hydrogen-bond acceptors (Lipinski definition) is 3. The summed E-state index contributed by atoms with van der Waals surface area (Å²) >= 11 is 0. The van der Waals surface area contributed by atoms with Crippen LogP contribution >= 0.6 is 0 Å². The van der Waals surface area contributed by atoms with Gasteiger partial charge in [0.05, 0.1) is 22.3 Å². The number of pyridine rings is 1. The Morgan fingerprint density at radius 1 is 0.875 bits per heavy atom. The molecule has 3 rings (SSSR count). The van der Waals surface area contributed by atoms with Crippen LogP contribution in [0, 0.1) is 0 Å². The number of benzene rings is 2. The van der Waals surface area contributed by atoms with Gasteiger partial charge in [0.1, 0.15) is 0 Å². The Bertz CT molecular complexity index is 959. The van der Waals surface area contributed by atoms with E-state index < -0.39 is 11.9 Å². The zero-order valence-electron chi connectivity index (χ0n) is 12.5. The highest BCUT2D eigenvalue weighted by Gasteiger charge is 2.10. The fraction of sp³-hybridized carbons (Fsp3) is 0. The topological polar surface area (TPSA) is 87.5 Å². The normalized spacial score (nSPS) is 11.0. The average Bonchev–Trinajstić information content (AvgIpc) is 2.59. The third kappa shape index (κ3) is 3.15. The van der Waals surface area contributed by atoms with Crippen molar-refractivity contribution in [2.45, 2.75) is 0 Å². The number of carboxylic acids is 2. The van der Waals surface area contributed by atoms with Gasteiger partial charge in [-0.15, -0.1) is 0 Å². The minimum Gasteiger partial charge on any atom is -0.478 e. The molecule has 2 N–H and O–H groups in total. The van der Waals surface area contributed by atoms with Crippen LogP contribution in [0.4, 0.5) is 0 Å². The molecule has 0 atom stereocenters. The highest BCUT2D eigenvalue weighted by molar-refractivity contribution is 6.03. The molecule has 0 saturated heterocycles. The fourth-order valence-corrected chi connectivity index (χ4v) is 2.38. The molecule has 0 amide bonds. The van der Waals surface area contributed by atoms with E-state index in [-0.39, 0.29) is 11.1 Å². The van der Waals surface area contributed by atoms with Gasteiger partial charge in [-0.25, -0.2) is 14.6 Å². The van der Waals surface area contributed by atoms with Gasteiger partial charge in [0.15, 0.2) is 0 Å². The van der Waals surface area contributed by atoms with E-state index in [1.807, 2.05) is 0 Å². The highest BCUT2D eigenvalue weighted by atomic mass is 16.4. The molecular weight excluding hydrogens is 306 g/mol. The Kier molecular flexibility index (Phi) is 4.07. The Balaban J connectivity index is 1.97. The molecule has 0 aliphatic rings. The number of rotatable bonds is 4. The van der Waals surface area contributed by atoms with Gasteiger partial charge in [0.2, 0.25) is 0 Å². The van der Waals surface area contributed by atoms with E-state index in [9.17, 15) is 14.7 Å². The van der Waals surface area contributed by atoms with E-state index in [1.54, 1.807) is 48.6 Å². The smallest absolute Gasteiger partial charge is 0.336 e. The van der Waals surface area contributed by atoms with Gasteiger partial charge < -0.3 is 10.2 Å². The molecule has 2 aromatic carbocycles. The predicted octanol–water partition coefficient (Wildman–Crippen LogP) is 3.80. The van der Waals surface area contributed by atoms with Gasteiger partial charge in [-0.05, 0) is 35.9 Å². The van der Waals surface area contributed by atoms with Crippen molar-refractivity contribution >= 4 is 35.0 Å². The first kappa shape index (κ1) is 15.4. The van der Waals surface area contributed by atoms with Crippen LogP contribution in [0.1, 0.15) is 32.0 Å². The van der Waals surface area contributed by atoms with E-state index in [2.05, 4.69) is 4.98 Å². The molecule has 0 radical (unpaired) electrons. The lowest BCUT2D eigenvalue weighted by atomic mass is 10.1. The van der Waals surface area contributed by atoms with E-state index in [4.69, 9.17) is 5.11 Å². The molecular formula is C19H13NO4. The summed E-state index contributed by atoms with van der Waals surface area (Å²) in [6, 6.07) is 15.0. The van der Waals surface area contributed by atoms with Crippen LogP contribution in [-0.4, -0.2) is 27.1 Å². The van der Waals surface area contributed by atoms with Crippen molar-refractivity contribution in [3.63, 3.8) is 0 Å². The first-order valence-corrected chi connectivity index (χ1v) is 7.19. The molecule has 1 aromatic heterocycles. The van der Waals surface area contributed by atoms with Crippen molar-refractivity contribution in [2.24, 2.45) is 0 Å². The number of aromatic nitrogens is 1. The predicted molar refractivity (Wildman–Crippen MR) is 91.0 cm³/mol. The third-order valence-corrected chi connectivity index (χ3v) is 3.57. The third-order valence-electron chi connectivity index (χ3n) is 3.57. The summed E-state index contributed by atoms with van der Waals surface area (Å²) in [6.07, 6.45) is 3.46. The van der Waals surface area contributed by atoms with Crippen LogP contribution in [0.5, 0.6) is 0 Å². The minimum atomic E-state index is -1.01. The standard InChI is InChI=1S/C19H13NO4/c21-18(22)13-8-5-12(6-9-13)7-10-14-11-16(19(23)24)15-3-1-2-4-17(15)20-14/h1-11H,(H,21,22)(H,23,24). The summed E-state index contributed by atoms with van der Waals surface area (Å²) in [6.45, 7) is 0. The lowest BCUT2D eigenvalue weighted by molar-refractivity contribution is 0.0687. The van der Waals surface area contributed by atoms with Crippen molar-refractivity contribution in [3.8, 4) is 0 Å². The van der Waals surface area contributed by atoms with Gasteiger partial charge >= 0.3 is 11.9 Å². The second-order valence-electron chi connectivity index (χ2n) is 5.18. The second kappa shape index (κ2) is 6.34. The molecule has 0 aliphatic heterocycles. The lowest BCUT2D eigenvalue weighted by Gasteiger charge is -2.04. The molecule has 5 nitrogen and oxygen atoms in total. The molecule has 0 bridgehead atoms. The zero-order valence-corrected chi connectivity index (χ0v) is 12.5. The quantitative estimate of drug-likeness (QED) is 0.763.